The van der Waals surface area contributed by atoms with E-state index in [0.29, 0.717) is 0 Å². The topological polar surface area (TPSA) is 236 Å². The SMILES string of the molecule is CNCC(=O)NC(C)C(=O)NCC(=O)N[C@@H](CC(C)C)C(=O)NCC(=O)NC(C)(C)C(=O)NCC(=O)NC(C)(C)CO. The number of likely N-dealkylation sites (N-methyl/N-ethyl adjacent to an activating group) is 1. The number of hydrogen-bond donors (Lipinski definition) is 9. The molecule has 0 fully saturated rings. The molecule has 9 N–H and O–H groups in total. The van der Waals surface area contributed by atoms with Crippen molar-refractivity contribution in [2.45, 2.75) is 78.0 Å². The number of rotatable bonds is 18. The average Bonchev–Trinajstić information content (AvgIpc) is 2.87. The Bertz CT molecular complexity index is 983. The molecule has 42 heavy (non-hydrogen) atoms. The number of aliphatic hydroxyl groups excluding tert-OH is 1. The summed E-state index contributed by atoms with van der Waals surface area (Å²) in [6, 6.07) is -1.89. The number of carbonyl (C=O) groups is 7. The fourth-order valence-corrected chi connectivity index (χ4v) is 3.37. The Morgan fingerprint density at radius 1 is 0.667 bits per heavy atom. The van der Waals surface area contributed by atoms with Crippen LogP contribution < -0.4 is 42.5 Å². The lowest BCUT2D eigenvalue weighted by Gasteiger charge is -2.27. The van der Waals surface area contributed by atoms with Crippen LogP contribution in [0.5, 0.6) is 0 Å². The maximum Gasteiger partial charge on any atom is 0.245 e. The van der Waals surface area contributed by atoms with Gasteiger partial charge in [0.05, 0.1) is 38.3 Å². The molecule has 0 saturated carbocycles. The average molecular weight is 601 g/mol. The normalized spacial score (nSPS) is 12.8. The smallest absolute Gasteiger partial charge is 0.245 e. The van der Waals surface area contributed by atoms with Gasteiger partial charge in [-0.15, -0.1) is 0 Å². The van der Waals surface area contributed by atoms with Crippen molar-refractivity contribution >= 4 is 41.4 Å². The first-order valence-corrected chi connectivity index (χ1v) is 13.6. The van der Waals surface area contributed by atoms with Gasteiger partial charge in [-0.3, -0.25) is 33.6 Å². The van der Waals surface area contributed by atoms with E-state index in [1.165, 1.54) is 20.8 Å². The zero-order valence-corrected chi connectivity index (χ0v) is 25.8. The number of nitrogens with one attached hydrogen (secondary N) is 8. The summed E-state index contributed by atoms with van der Waals surface area (Å²) in [6.45, 7) is 9.60. The van der Waals surface area contributed by atoms with Gasteiger partial charge in [-0.25, -0.2) is 0 Å². The van der Waals surface area contributed by atoms with Crippen LogP contribution in [0.4, 0.5) is 0 Å². The van der Waals surface area contributed by atoms with Crippen molar-refractivity contribution in [2.75, 3.05) is 39.8 Å². The van der Waals surface area contributed by atoms with E-state index in [4.69, 9.17) is 0 Å². The summed E-state index contributed by atoms with van der Waals surface area (Å²) in [7, 11) is 1.58. The highest BCUT2D eigenvalue weighted by Crippen LogP contribution is 2.06. The van der Waals surface area contributed by atoms with E-state index < -0.39 is 77.6 Å². The highest BCUT2D eigenvalue weighted by Gasteiger charge is 2.31. The van der Waals surface area contributed by atoms with Crippen LogP contribution in [0.2, 0.25) is 0 Å². The van der Waals surface area contributed by atoms with Crippen LogP contribution in [0.3, 0.4) is 0 Å². The highest BCUT2D eigenvalue weighted by molar-refractivity contribution is 5.96. The molecule has 240 valence electrons. The fourth-order valence-electron chi connectivity index (χ4n) is 3.37. The molecule has 0 heterocycles. The molecular weight excluding hydrogens is 552 g/mol. The molecule has 0 aromatic rings. The lowest BCUT2D eigenvalue weighted by molar-refractivity contribution is -0.134. The van der Waals surface area contributed by atoms with Crippen molar-refractivity contribution in [1.82, 2.24) is 42.5 Å². The van der Waals surface area contributed by atoms with E-state index in [1.54, 1.807) is 20.9 Å². The number of aliphatic hydroxyl groups is 1. The van der Waals surface area contributed by atoms with Gasteiger partial charge in [0.1, 0.15) is 17.6 Å². The molecule has 7 amide bonds. The molecule has 0 bridgehead atoms. The van der Waals surface area contributed by atoms with E-state index in [1.807, 2.05) is 13.8 Å². The molecule has 16 nitrogen and oxygen atoms in total. The first kappa shape index (κ1) is 38.2. The van der Waals surface area contributed by atoms with Crippen LogP contribution in [-0.4, -0.2) is 109 Å². The molecular formula is C26H48N8O8. The Morgan fingerprint density at radius 3 is 1.71 bits per heavy atom. The molecule has 2 atom stereocenters. The summed E-state index contributed by atoms with van der Waals surface area (Å²) in [5, 5.41) is 29.1. The number of carbonyl (C=O) groups excluding carboxylic acids is 7. The van der Waals surface area contributed by atoms with Gasteiger partial charge in [-0.1, -0.05) is 13.8 Å². The Hall–Kier alpha value is -3.79. The lowest BCUT2D eigenvalue weighted by Crippen LogP contribution is -2.59. The third kappa shape index (κ3) is 15.9. The van der Waals surface area contributed by atoms with Crippen LogP contribution in [0.15, 0.2) is 0 Å². The first-order chi connectivity index (χ1) is 19.3. The minimum atomic E-state index is -1.43. The lowest BCUT2D eigenvalue weighted by atomic mass is 10.0. The van der Waals surface area contributed by atoms with Gasteiger partial charge in [0.2, 0.25) is 41.4 Å². The van der Waals surface area contributed by atoms with Gasteiger partial charge in [0.25, 0.3) is 0 Å². The van der Waals surface area contributed by atoms with E-state index in [-0.39, 0.29) is 32.0 Å². The molecule has 16 heteroatoms. The van der Waals surface area contributed by atoms with Crippen LogP contribution in [0.25, 0.3) is 0 Å². The predicted octanol–water partition coefficient (Wildman–Crippen LogP) is -3.63. The molecule has 0 aliphatic carbocycles. The van der Waals surface area contributed by atoms with E-state index in [0.717, 1.165) is 0 Å². The van der Waals surface area contributed by atoms with Crippen molar-refractivity contribution in [1.29, 1.82) is 0 Å². The predicted molar refractivity (Wildman–Crippen MR) is 153 cm³/mol. The molecule has 0 aliphatic heterocycles. The Balaban J connectivity index is 4.87. The standard InChI is InChI=1S/C26H48N8O8/c1-15(2)9-17(32-19(37)11-28-22(40)16(3)31-18(36)10-27-8)23(41)29-12-21(39)34-26(6,7)24(42)30-13-20(38)33-25(4,5)14-35/h15-17,27,35H,9-14H2,1-8H3,(H,28,40)(H,29,41)(H,30,42)(H,31,36)(H,32,37)(H,33,38)(H,34,39)/t16?,17-/m0/s1. The summed E-state index contributed by atoms with van der Waals surface area (Å²) in [6.07, 6.45) is 0.243. The van der Waals surface area contributed by atoms with Crippen LogP contribution in [0, 0.1) is 5.92 Å². The second-order valence-electron chi connectivity index (χ2n) is 11.5. The third-order valence-corrected chi connectivity index (χ3v) is 5.62. The molecule has 0 saturated heterocycles. The number of amides is 7. The summed E-state index contributed by atoms with van der Waals surface area (Å²) >= 11 is 0. The van der Waals surface area contributed by atoms with Gasteiger partial charge < -0.3 is 47.6 Å². The monoisotopic (exact) mass is 600 g/mol. The van der Waals surface area contributed by atoms with Crippen molar-refractivity contribution in [3.05, 3.63) is 0 Å². The molecule has 0 aromatic heterocycles. The van der Waals surface area contributed by atoms with Gasteiger partial charge >= 0.3 is 0 Å². The zero-order chi connectivity index (χ0) is 32.7. The minimum absolute atomic E-state index is 0.00494. The Kier molecular flexibility index (Phi) is 16.3. The van der Waals surface area contributed by atoms with E-state index >= 15 is 0 Å². The fraction of sp³-hybridized carbons (Fsp3) is 0.731. The third-order valence-electron chi connectivity index (χ3n) is 5.62. The van der Waals surface area contributed by atoms with E-state index in [9.17, 15) is 38.7 Å². The van der Waals surface area contributed by atoms with Gasteiger partial charge in [-0.2, -0.15) is 0 Å². The first-order valence-electron chi connectivity index (χ1n) is 13.6. The Morgan fingerprint density at radius 2 is 1.17 bits per heavy atom. The minimum Gasteiger partial charge on any atom is -0.394 e. The zero-order valence-electron chi connectivity index (χ0n) is 25.8. The molecule has 0 aliphatic rings. The second kappa shape index (κ2) is 17.9. The number of hydrogen-bond acceptors (Lipinski definition) is 9. The maximum atomic E-state index is 12.8. The molecule has 1 unspecified atom stereocenters. The summed E-state index contributed by atoms with van der Waals surface area (Å²) in [5.41, 5.74) is -2.30. The van der Waals surface area contributed by atoms with Crippen LogP contribution >= 0.6 is 0 Å². The van der Waals surface area contributed by atoms with Crippen molar-refractivity contribution < 1.29 is 38.7 Å². The van der Waals surface area contributed by atoms with Crippen molar-refractivity contribution in [3.8, 4) is 0 Å². The van der Waals surface area contributed by atoms with Gasteiger partial charge in [0, 0.05) is 0 Å². The largest absolute Gasteiger partial charge is 0.394 e. The van der Waals surface area contributed by atoms with Gasteiger partial charge in [-0.05, 0) is 54.0 Å². The van der Waals surface area contributed by atoms with Crippen LogP contribution in [-0.2, 0) is 33.6 Å². The second-order valence-corrected chi connectivity index (χ2v) is 11.5. The Labute approximate surface area is 246 Å². The van der Waals surface area contributed by atoms with Crippen molar-refractivity contribution in [3.63, 3.8) is 0 Å². The highest BCUT2D eigenvalue weighted by atomic mass is 16.3. The van der Waals surface area contributed by atoms with Gasteiger partial charge in [0.15, 0.2) is 0 Å². The van der Waals surface area contributed by atoms with E-state index in [2.05, 4.69) is 42.5 Å². The summed E-state index contributed by atoms with van der Waals surface area (Å²) in [4.78, 5) is 85.9. The quantitative estimate of drug-likeness (QED) is 0.0754. The molecule has 0 rings (SSSR count). The molecule has 0 radical (unpaired) electrons. The molecule has 0 spiro atoms. The van der Waals surface area contributed by atoms with Crippen LogP contribution in [0.1, 0.15) is 54.9 Å². The summed E-state index contributed by atoms with van der Waals surface area (Å²) in [5.74, 6) is -4.14. The summed E-state index contributed by atoms with van der Waals surface area (Å²) < 4.78 is 0. The molecule has 0 aromatic carbocycles. The maximum absolute atomic E-state index is 12.8. The van der Waals surface area contributed by atoms with Crippen molar-refractivity contribution in [2.24, 2.45) is 5.92 Å².